The summed E-state index contributed by atoms with van der Waals surface area (Å²) in [4.78, 5) is 25.4. The fourth-order valence-corrected chi connectivity index (χ4v) is 1.90. The van der Waals surface area contributed by atoms with Crippen LogP contribution in [0.3, 0.4) is 0 Å². The van der Waals surface area contributed by atoms with Gasteiger partial charge < -0.3 is 15.0 Å². The van der Waals surface area contributed by atoms with Gasteiger partial charge in [-0.2, -0.15) is 0 Å². The molecule has 5 heteroatoms. The lowest BCUT2D eigenvalue weighted by atomic mass is 10.3. The minimum atomic E-state index is -0.292. The lowest BCUT2D eigenvalue weighted by Crippen LogP contribution is -2.42. The molecule has 0 radical (unpaired) electrons. The van der Waals surface area contributed by atoms with Crippen LogP contribution in [-0.2, 0) is 9.59 Å². The molecule has 1 rings (SSSR count). The van der Waals surface area contributed by atoms with Crippen LogP contribution in [-0.4, -0.2) is 43.0 Å². The number of nitrogens with one attached hydrogen (secondary N) is 1. The van der Waals surface area contributed by atoms with Gasteiger partial charge in [0.1, 0.15) is 5.75 Å². The van der Waals surface area contributed by atoms with E-state index in [1.165, 1.54) is 0 Å². The van der Waals surface area contributed by atoms with E-state index < -0.39 is 0 Å². The van der Waals surface area contributed by atoms with Crippen molar-refractivity contribution in [2.45, 2.75) is 26.7 Å². The quantitative estimate of drug-likeness (QED) is 0.755. The third-order valence-electron chi connectivity index (χ3n) is 2.89. The molecule has 1 N–H and O–H groups in total. The number of amides is 2. The minimum Gasteiger partial charge on any atom is -0.484 e. The SMILES string of the molecule is CCCN(CCC)C(=O)CNC(=O)COc1ccccc1. The number of carbonyl (C=O) groups excluding carboxylic acids is 2. The fourth-order valence-electron chi connectivity index (χ4n) is 1.90. The molecule has 0 aliphatic carbocycles. The Labute approximate surface area is 126 Å². The molecule has 0 spiro atoms. The number of para-hydroxylation sites is 1. The molecule has 0 saturated heterocycles. The van der Waals surface area contributed by atoms with E-state index in [0.29, 0.717) is 5.75 Å². The summed E-state index contributed by atoms with van der Waals surface area (Å²) in [6.07, 6.45) is 1.83. The molecular formula is C16H24N2O3. The molecule has 116 valence electrons. The zero-order valence-electron chi connectivity index (χ0n) is 12.8. The van der Waals surface area contributed by atoms with Crippen LogP contribution in [0.5, 0.6) is 5.75 Å². The number of hydrogen-bond donors (Lipinski definition) is 1. The summed E-state index contributed by atoms with van der Waals surface area (Å²) in [5.41, 5.74) is 0. The first kappa shape index (κ1) is 17.0. The molecule has 0 aliphatic rings. The predicted octanol–water partition coefficient (Wildman–Crippen LogP) is 1.83. The van der Waals surface area contributed by atoms with Crippen molar-refractivity contribution in [2.75, 3.05) is 26.2 Å². The van der Waals surface area contributed by atoms with Gasteiger partial charge in [0.25, 0.3) is 5.91 Å². The lowest BCUT2D eigenvalue weighted by molar-refractivity contribution is -0.133. The maximum atomic E-state index is 12.0. The molecule has 5 nitrogen and oxygen atoms in total. The van der Waals surface area contributed by atoms with Crippen molar-refractivity contribution in [1.82, 2.24) is 10.2 Å². The van der Waals surface area contributed by atoms with Gasteiger partial charge in [0.05, 0.1) is 6.54 Å². The second kappa shape index (κ2) is 9.80. The Morgan fingerprint density at radius 3 is 2.29 bits per heavy atom. The highest BCUT2D eigenvalue weighted by molar-refractivity contribution is 5.85. The number of rotatable bonds is 9. The van der Waals surface area contributed by atoms with Gasteiger partial charge in [0, 0.05) is 13.1 Å². The highest BCUT2D eigenvalue weighted by Gasteiger charge is 2.12. The van der Waals surface area contributed by atoms with Crippen LogP contribution in [0, 0.1) is 0 Å². The van der Waals surface area contributed by atoms with Gasteiger partial charge >= 0.3 is 0 Å². The Bertz CT molecular complexity index is 428. The third-order valence-corrected chi connectivity index (χ3v) is 2.89. The second-order valence-electron chi connectivity index (χ2n) is 4.76. The van der Waals surface area contributed by atoms with E-state index in [1.54, 1.807) is 17.0 Å². The molecule has 1 aromatic carbocycles. The van der Waals surface area contributed by atoms with E-state index in [4.69, 9.17) is 4.74 Å². The molecule has 0 atom stereocenters. The fraction of sp³-hybridized carbons (Fsp3) is 0.500. The van der Waals surface area contributed by atoms with E-state index in [-0.39, 0.29) is 25.0 Å². The van der Waals surface area contributed by atoms with E-state index >= 15 is 0 Å². The van der Waals surface area contributed by atoms with Crippen LogP contribution in [0.25, 0.3) is 0 Å². The maximum Gasteiger partial charge on any atom is 0.258 e. The standard InChI is InChI=1S/C16H24N2O3/c1-3-10-18(11-4-2)16(20)12-17-15(19)13-21-14-8-6-5-7-9-14/h5-9H,3-4,10-13H2,1-2H3,(H,17,19). The normalized spacial score (nSPS) is 10.0. The van der Waals surface area contributed by atoms with Crippen LogP contribution >= 0.6 is 0 Å². The van der Waals surface area contributed by atoms with Crippen molar-refractivity contribution < 1.29 is 14.3 Å². The van der Waals surface area contributed by atoms with Crippen molar-refractivity contribution in [1.29, 1.82) is 0 Å². The third kappa shape index (κ3) is 6.79. The summed E-state index contributed by atoms with van der Waals surface area (Å²) in [6.45, 7) is 5.45. The molecule has 21 heavy (non-hydrogen) atoms. The highest BCUT2D eigenvalue weighted by Crippen LogP contribution is 2.07. The minimum absolute atomic E-state index is 0.0248. The molecule has 0 heterocycles. The van der Waals surface area contributed by atoms with E-state index in [0.717, 1.165) is 25.9 Å². The number of ether oxygens (including phenoxy) is 1. The molecule has 0 fully saturated rings. The molecule has 0 unspecified atom stereocenters. The Morgan fingerprint density at radius 2 is 1.71 bits per heavy atom. The predicted molar refractivity (Wildman–Crippen MR) is 82.1 cm³/mol. The topological polar surface area (TPSA) is 58.6 Å². The Hall–Kier alpha value is -2.04. The molecule has 0 aliphatic heterocycles. The van der Waals surface area contributed by atoms with Crippen molar-refractivity contribution in [3.63, 3.8) is 0 Å². The average molecular weight is 292 g/mol. The first-order valence-electron chi connectivity index (χ1n) is 7.39. The van der Waals surface area contributed by atoms with Crippen molar-refractivity contribution >= 4 is 11.8 Å². The van der Waals surface area contributed by atoms with Gasteiger partial charge in [-0.3, -0.25) is 9.59 Å². The van der Waals surface area contributed by atoms with E-state index in [2.05, 4.69) is 5.32 Å². The number of carbonyl (C=O) groups is 2. The zero-order valence-corrected chi connectivity index (χ0v) is 12.8. The van der Waals surface area contributed by atoms with Crippen molar-refractivity contribution in [3.8, 4) is 5.75 Å². The Morgan fingerprint density at radius 1 is 1.10 bits per heavy atom. The first-order chi connectivity index (χ1) is 10.2. The van der Waals surface area contributed by atoms with Gasteiger partial charge in [-0.25, -0.2) is 0 Å². The van der Waals surface area contributed by atoms with Gasteiger partial charge in [0.15, 0.2) is 6.61 Å². The summed E-state index contributed by atoms with van der Waals surface area (Å²) in [6, 6.07) is 9.11. The zero-order chi connectivity index (χ0) is 15.5. The molecule has 1 aromatic rings. The smallest absolute Gasteiger partial charge is 0.258 e. The highest BCUT2D eigenvalue weighted by atomic mass is 16.5. The summed E-state index contributed by atoms with van der Waals surface area (Å²) in [7, 11) is 0. The lowest BCUT2D eigenvalue weighted by Gasteiger charge is -2.21. The Kier molecular flexibility index (Phi) is 7.94. The van der Waals surface area contributed by atoms with Gasteiger partial charge in [-0.05, 0) is 25.0 Å². The van der Waals surface area contributed by atoms with Crippen LogP contribution in [0.2, 0.25) is 0 Å². The van der Waals surface area contributed by atoms with Crippen LogP contribution < -0.4 is 10.1 Å². The molecule has 0 saturated carbocycles. The largest absolute Gasteiger partial charge is 0.484 e. The van der Waals surface area contributed by atoms with E-state index in [9.17, 15) is 9.59 Å². The Balaban J connectivity index is 2.29. The van der Waals surface area contributed by atoms with Crippen LogP contribution in [0.4, 0.5) is 0 Å². The monoisotopic (exact) mass is 292 g/mol. The summed E-state index contributed by atoms with van der Waals surface area (Å²) >= 11 is 0. The first-order valence-corrected chi connectivity index (χ1v) is 7.39. The maximum absolute atomic E-state index is 12.0. The molecular weight excluding hydrogens is 268 g/mol. The van der Waals surface area contributed by atoms with Crippen molar-refractivity contribution in [2.24, 2.45) is 0 Å². The van der Waals surface area contributed by atoms with Gasteiger partial charge in [0.2, 0.25) is 5.91 Å². The number of benzene rings is 1. The summed E-state index contributed by atoms with van der Waals surface area (Å²) in [5.74, 6) is 0.296. The second-order valence-corrected chi connectivity index (χ2v) is 4.76. The van der Waals surface area contributed by atoms with Gasteiger partial charge in [-0.1, -0.05) is 32.0 Å². The summed E-state index contributed by atoms with van der Waals surface area (Å²) < 4.78 is 5.32. The van der Waals surface area contributed by atoms with Crippen LogP contribution in [0.1, 0.15) is 26.7 Å². The number of hydrogen-bond acceptors (Lipinski definition) is 3. The van der Waals surface area contributed by atoms with E-state index in [1.807, 2.05) is 32.0 Å². The summed E-state index contributed by atoms with van der Waals surface area (Å²) in [5, 5.41) is 2.59. The molecule has 2 amide bonds. The van der Waals surface area contributed by atoms with Crippen molar-refractivity contribution in [3.05, 3.63) is 30.3 Å². The van der Waals surface area contributed by atoms with Crippen LogP contribution in [0.15, 0.2) is 30.3 Å². The number of nitrogens with zero attached hydrogens (tertiary/aromatic N) is 1. The van der Waals surface area contributed by atoms with Gasteiger partial charge in [-0.15, -0.1) is 0 Å². The average Bonchev–Trinajstić information content (AvgIpc) is 2.51. The molecule has 0 bridgehead atoms. The molecule has 0 aromatic heterocycles.